The maximum absolute atomic E-state index is 13.8. The summed E-state index contributed by atoms with van der Waals surface area (Å²) < 4.78 is 5.63. The third-order valence-electron chi connectivity index (χ3n) is 6.08. The highest BCUT2D eigenvalue weighted by atomic mass is 32.1. The van der Waals surface area contributed by atoms with Crippen molar-refractivity contribution < 1.29 is 19.1 Å². The molecule has 4 aromatic rings. The SMILES string of the molecule is CC(C)(C)CNC(=O)c1cc(C(=O)OCc2ccccc2)c(C(=O)Nc2ccc(C(=N)N)cc2)c(-c2cccs2)c1. The van der Waals surface area contributed by atoms with E-state index < -0.39 is 11.9 Å². The van der Waals surface area contributed by atoms with Crippen molar-refractivity contribution in [2.75, 3.05) is 11.9 Å². The number of benzene rings is 3. The van der Waals surface area contributed by atoms with Gasteiger partial charge in [0.15, 0.2) is 0 Å². The van der Waals surface area contributed by atoms with Crippen LogP contribution in [-0.4, -0.2) is 30.2 Å². The number of hydrogen-bond acceptors (Lipinski definition) is 6. The minimum absolute atomic E-state index is 0.00201. The molecule has 9 heteroatoms. The third kappa shape index (κ3) is 7.67. The Morgan fingerprint density at radius 2 is 1.61 bits per heavy atom. The van der Waals surface area contributed by atoms with Crippen molar-refractivity contribution in [2.24, 2.45) is 11.1 Å². The fraction of sp³-hybridized carbons (Fsp3) is 0.188. The Morgan fingerprint density at radius 1 is 0.902 bits per heavy atom. The molecule has 41 heavy (non-hydrogen) atoms. The number of thiophene rings is 1. The molecule has 1 aromatic heterocycles. The monoisotopic (exact) mass is 568 g/mol. The van der Waals surface area contributed by atoms with E-state index in [9.17, 15) is 14.4 Å². The van der Waals surface area contributed by atoms with Crippen LogP contribution in [-0.2, 0) is 11.3 Å². The summed E-state index contributed by atoms with van der Waals surface area (Å²) in [6, 6.07) is 22.4. The summed E-state index contributed by atoms with van der Waals surface area (Å²) >= 11 is 1.39. The first-order valence-corrected chi connectivity index (χ1v) is 13.9. The third-order valence-corrected chi connectivity index (χ3v) is 6.98. The predicted octanol–water partition coefficient (Wildman–Crippen LogP) is 6.08. The largest absolute Gasteiger partial charge is 0.457 e. The highest BCUT2D eigenvalue weighted by molar-refractivity contribution is 7.13. The maximum atomic E-state index is 13.8. The Labute approximate surface area is 243 Å². The highest BCUT2D eigenvalue weighted by Gasteiger charge is 2.27. The molecule has 0 fully saturated rings. The van der Waals surface area contributed by atoms with E-state index in [2.05, 4.69) is 10.6 Å². The van der Waals surface area contributed by atoms with Crippen LogP contribution in [0.3, 0.4) is 0 Å². The molecule has 2 amide bonds. The van der Waals surface area contributed by atoms with Gasteiger partial charge in [0.1, 0.15) is 12.4 Å². The number of anilines is 1. The second-order valence-corrected chi connectivity index (χ2v) is 11.6. The normalized spacial score (nSPS) is 11.0. The van der Waals surface area contributed by atoms with Crippen LogP contribution >= 0.6 is 11.3 Å². The molecule has 8 nitrogen and oxygen atoms in total. The first kappa shape index (κ1) is 29.2. The average molecular weight is 569 g/mol. The van der Waals surface area contributed by atoms with Crippen LogP contribution in [0.1, 0.15) is 63.0 Å². The lowest BCUT2D eigenvalue weighted by Crippen LogP contribution is -2.32. The smallest absolute Gasteiger partial charge is 0.339 e. The number of nitrogens with two attached hydrogens (primary N) is 1. The Hall–Kier alpha value is -4.76. The summed E-state index contributed by atoms with van der Waals surface area (Å²) in [6.45, 7) is 6.45. The quantitative estimate of drug-likeness (QED) is 0.110. The Morgan fingerprint density at radius 3 is 2.22 bits per heavy atom. The summed E-state index contributed by atoms with van der Waals surface area (Å²) in [5, 5.41) is 15.2. The summed E-state index contributed by atoms with van der Waals surface area (Å²) in [5.41, 5.74) is 7.90. The van der Waals surface area contributed by atoms with Crippen molar-refractivity contribution in [3.63, 3.8) is 0 Å². The van der Waals surface area contributed by atoms with E-state index in [-0.39, 0.29) is 40.5 Å². The zero-order valence-corrected chi connectivity index (χ0v) is 23.9. The topological polar surface area (TPSA) is 134 Å². The molecule has 0 aliphatic heterocycles. The first-order valence-electron chi connectivity index (χ1n) is 13.0. The molecule has 0 bridgehead atoms. The van der Waals surface area contributed by atoms with Crippen molar-refractivity contribution in [3.05, 3.63) is 112 Å². The van der Waals surface area contributed by atoms with Crippen molar-refractivity contribution in [1.29, 1.82) is 5.41 Å². The van der Waals surface area contributed by atoms with E-state index in [0.29, 0.717) is 28.2 Å². The van der Waals surface area contributed by atoms with Crippen LogP contribution in [0.15, 0.2) is 84.2 Å². The van der Waals surface area contributed by atoms with Crippen LogP contribution in [0.25, 0.3) is 10.4 Å². The molecule has 0 radical (unpaired) electrons. The minimum Gasteiger partial charge on any atom is -0.457 e. The number of esters is 1. The Balaban J connectivity index is 1.78. The van der Waals surface area contributed by atoms with Gasteiger partial charge in [-0.1, -0.05) is 57.2 Å². The number of hydrogen-bond donors (Lipinski definition) is 4. The molecular weight excluding hydrogens is 536 g/mol. The predicted molar refractivity (Wildman–Crippen MR) is 163 cm³/mol. The number of ether oxygens (including phenoxy) is 1. The molecule has 4 rings (SSSR count). The van der Waals surface area contributed by atoms with Gasteiger partial charge < -0.3 is 21.1 Å². The van der Waals surface area contributed by atoms with Crippen LogP contribution in [0.5, 0.6) is 0 Å². The van der Waals surface area contributed by atoms with Crippen LogP contribution < -0.4 is 16.4 Å². The van der Waals surface area contributed by atoms with Crippen LogP contribution in [0.2, 0.25) is 0 Å². The number of nitrogen functional groups attached to an aromatic ring is 1. The molecule has 0 aliphatic carbocycles. The van der Waals surface area contributed by atoms with Crippen molar-refractivity contribution in [1.82, 2.24) is 5.32 Å². The first-order chi connectivity index (χ1) is 19.5. The van der Waals surface area contributed by atoms with Crippen LogP contribution in [0.4, 0.5) is 5.69 Å². The number of rotatable bonds is 9. The van der Waals surface area contributed by atoms with Crippen molar-refractivity contribution >= 4 is 40.6 Å². The van der Waals surface area contributed by atoms with Crippen LogP contribution in [0, 0.1) is 10.8 Å². The molecule has 0 saturated heterocycles. The van der Waals surface area contributed by atoms with Gasteiger partial charge in [0.2, 0.25) is 0 Å². The van der Waals surface area contributed by atoms with Gasteiger partial charge >= 0.3 is 5.97 Å². The van der Waals surface area contributed by atoms with Gasteiger partial charge in [-0.25, -0.2) is 4.79 Å². The number of nitrogens with one attached hydrogen (secondary N) is 3. The molecule has 3 aromatic carbocycles. The van der Waals surface area contributed by atoms with Gasteiger partial charge in [-0.05, 0) is 58.8 Å². The van der Waals surface area contributed by atoms with E-state index in [1.807, 2.05) is 68.6 Å². The number of amides is 2. The lowest BCUT2D eigenvalue weighted by Gasteiger charge is -2.20. The van der Waals surface area contributed by atoms with Gasteiger partial charge in [-0.15, -0.1) is 11.3 Å². The fourth-order valence-corrected chi connectivity index (χ4v) is 4.73. The maximum Gasteiger partial charge on any atom is 0.339 e. The summed E-state index contributed by atoms with van der Waals surface area (Å²) in [7, 11) is 0. The van der Waals surface area contributed by atoms with E-state index in [4.69, 9.17) is 15.9 Å². The zero-order chi connectivity index (χ0) is 29.6. The van der Waals surface area contributed by atoms with Gasteiger partial charge in [0.25, 0.3) is 11.8 Å². The molecule has 0 unspecified atom stereocenters. The Bertz CT molecular complexity index is 1560. The number of carbonyl (C=O) groups is 3. The van der Waals surface area contributed by atoms with Gasteiger partial charge in [0, 0.05) is 33.8 Å². The summed E-state index contributed by atoms with van der Waals surface area (Å²) in [5.74, 6) is -1.72. The lowest BCUT2D eigenvalue weighted by molar-refractivity contribution is 0.0470. The zero-order valence-electron chi connectivity index (χ0n) is 23.1. The van der Waals surface area contributed by atoms with E-state index in [1.54, 1.807) is 30.3 Å². The molecular formula is C32H32N4O4S. The Kier molecular flexibility index (Phi) is 8.99. The molecule has 210 valence electrons. The summed E-state index contributed by atoms with van der Waals surface area (Å²) in [4.78, 5) is 41.3. The second kappa shape index (κ2) is 12.6. The molecule has 1 heterocycles. The van der Waals surface area contributed by atoms with E-state index >= 15 is 0 Å². The van der Waals surface area contributed by atoms with E-state index in [0.717, 1.165) is 5.56 Å². The molecule has 0 spiro atoms. The van der Waals surface area contributed by atoms with Gasteiger partial charge in [-0.3, -0.25) is 15.0 Å². The van der Waals surface area contributed by atoms with E-state index in [1.165, 1.54) is 17.4 Å². The molecule has 5 N–H and O–H groups in total. The lowest BCUT2D eigenvalue weighted by atomic mass is 9.94. The molecule has 0 saturated carbocycles. The minimum atomic E-state index is -0.728. The van der Waals surface area contributed by atoms with Crippen molar-refractivity contribution in [2.45, 2.75) is 27.4 Å². The molecule has 0 atom stereocenters. The van der Waals surface area contributed by atoms with Gasteiger partial charge in [-0.2, -0.15) is 0 Å². The van der Waals surface area contributed by atoms with Crippen molar-refractivity contribution in [3.8, 4) is 10.4 Å². The fourth-order valence-electron chi connectivity index (χ4n) is 3.98. The molecule has 0 aliphatic rings. The van der Waals surface area contributed by atoms with Gasteiger partial charge in [0.05, 0.1) is 11.1 Å². The number of carbonyl (C=O) groups excluding carboxylic acids is 3. The number of amidine groups is 1. The second-order valence-electron chi connectivity index (χ2n) is 10.7. The average Bonchev–Trinajstić information content (AvgIpc) is 3.49. The highest BCUT2D eigenvalue weighted by Crippen LogP contribution is 2.33. The summed E-state index contributed by atoms with van der Waals surface area (Å²) in [6.07, 6.45) is 0. The standard InChI is InChI=1S/C32H32N4O4S/c1-32(2,3)19-35-29(37)22-16-24(26-10-7-15-41-26)27(30(38)36-23-13-11-21(12-14-23)28(33)34)25(17-22)31(39)40-18-20-8-5-4-6-9-20/h4-17H,18-19H2,1-3H3,(H3,33,34)(H,35,37)(H,36,38).